The predicted octanol–water partition coefficient (Wildman–Crippen LogP) is 10.7. The van der Waals surface area contributed by atoms with E-state index in [9.17, 15) is 0 Å². The first-order valence-electron chi connectivity index (χ1n) is 12.5. The van der Waals surface area contributed by atoms with E-state index in [2.05, 4.69) is 120 Å². The van der Waals surface area contributed by atoms with Crippen LogP contribution in [0.4, 0.5) is 0 Å². The maximum absolute atomic E-state index is 2.51. The average Bonchev–Trinajstić information content (AvgIpc) is 3.61. The van der Waals surface area contributed by atoms with E-state index in [1.165, 1.54) is 78.6 Å². The molecule has 0 N–H and O–H groups in total. The molecule has 0 aliphatic carbocycles. The van der Waals surface area contributed by atoms with E-state index in [1.807, 2.05) is 22.7 Å². The van der Waals surface area contributed by atoms with Crippen LogP contribution in [-0.2, 0) is 0 Å². The highest BCUT2D eigenvalue weighted by atomic mass is 32.1. The lowest BCUT2D eigenvalue weighted by Gasteiger charge is -2.09. The molecule has 37 heavy (non-hydrogen) atoms. The van der Waals surface area contributed by atoms with Crippen molar-refractivity contribution >= 4 is 95.6 Å². The number of hydrogen-bond acceptors (Lipinski definition) is 2. The van der Waals surface area contributed by atoms with Crippen LogP contribution < -0.4 is 0 Å². The van der Waals surface area contributed by atoms with E-state index in [0.717, 1.165) is 0 Å². The molecule has 0 saturated heterocycles. The largest absolute Gasteiger partial charge is 0.308 e. The zero-order valence-corrected chi connectivity index (χ0v) is 21.4. The molecule has 0 aliphatic heterocycles. The molecule has 0 aliphatic rings. The van der Waals surface area contributed by atoms with Crippen LogP contribution in [0.3, 0.4) is 0 Å². The number of benzene rings is 6. The Morgan fingerprint density at radius 3 is 1.97 bits per heavy atom. The van der Waals surface area contributed by atoms with Crippen molar-refractivity contribution < 1.29 is 0 Å². The standard InChI is InChI=1S/C34H19NS2/c1-2-8-22-20(7-1)13-18-28-32(22)27-17-16-26-24-10-4-6-12-30(24)37-34(26)33(27)35(28)21-14-15-25-23-9-3-5-11-29(23)36-31(25)19-21/h1-19H. The third-order valence-electron chi connectivity index (χ3n) is 7.78. The van der Waals surface area contributed by atoms with E-state index < -0.39 is 0 Å². The summed E-state index contributed by atoms with van der Waals surface area (Å²) >= 11 is 3.79. The van der Waals surface area contributed by atoms with Crippen LogP contribution in [0.25, 0.3) is 78.6 Å². The van der Waals surface area contributed by atoms with Gasteiger partial charge in [0.2, 0.25) is 0 Å². The molecule has 0 amide bonds. The van der Waals surface area contributed by atoms with Gasteiger partial charge in [0.25, 0.3) is 0 Å². The molecule has 0 spiro atoms. The Bertz CT molecular complexity index is 2360. The third kappa shape index (κ3) is 2.63. The average molecular weight is 506 g/mol. The highest BCUT2D eigenvalue weighted by Crippen LogP contribution is 2.45. The Labute approximate surface area is 220 Å². The second-order valence-electron chi connectivity index (χ2n) is 9.73. The number of hydrogen-bond donors (Lipinski definition) is 0. The molecule has 0 radical (unpaired) electrons. The molecule has 172 valence electrons. The van der Waals surface area contributed by atoms with Gasteiger partial charge in [-0.25, -0.2) is 0 Å². The lowest BCUT2D eigenvalue weighted by molar-refractivity contribution is 1.20. The lowest BCUT2D eigenvalue weighted by Crippen LogP contribution is -1.93. The number of nitrogens with zero attached hydrogens (tertiary/aromatic N) is 1. The van der Waals surface area contributed by atoms with Gasteiger partial charge >= 0.3 is 0 Å². The summed E-state index contributed by atoms with van der Waals surface area (Å²) in [6.45, 7) is 0. The van der Waals surface area contributed by atoms with Gasteiger partial charge in [-0.2, -0.15) is 0 Å². The van der Waals surface area contributed by atoms with E-state index in [1.54, 1.807) is 0 Å². The SMILES string of the molecule is c1ccc2c(c1)ccc1c2c2ccc3c4ccccc4sc3c2n1-c1ccc2c(c1)sc1ccccc12. The molecular weight excluding hydrogens is 487 g/mol. The van der Waals surface area contributed by atoms with Crippen LogP contribution in [-0.4, -0.2) is 4.57 Å². The minimum atomic E-state index is 1.22. The minimum Gasteiger partial charge on any atom is -0.308 e. The summed E-state index contributed by atoms with van der Waals surface area (Å²) in [6, 6.07) is 42.6. The summed E-state index contributed by atoms with van der Waals surface area (Å²) in [6.07, 6.45) is 0. The van der Waals surface area contributed by atoms with Gasteiger partial charge in [0, 0.05) is 52.1 Å². The molecule has 0 unspecified atom stereocenters. The third-order valence-corrected chi connectivity index (χ3v) is 10.1. The van der Waals surface area contributed by atoms with Gasteiger partial charge in [-0.3, -0.25) is 0 Å². The highest BCUT2D eigenvalue weighted by molar-refractivity contribution is 7.26. The summed E-state index contributed by atoms with van der Waals surface area (Å²) in [7, 11) is 0. The van der Waals surface area contributed by atoms with Gasteiger partial charge < -0.3 is 4.57 Å². The number of aromatic nitrogens is 1. The molecule has 3 heteroatoms. The smallest absolute Gasteiger partial charge is 0.0720 e. The van der Waals surface area contributed by atoms with Crippen LogP contribution >= 0.6 is 22.7 Å². The zero-order valence-electron chi connectivity index (χ0n) is 19.7. The van der Waals surface area contributed by atoms with Crippen molar-refractivity contribution in [3.05, 3.63) is 115 Å². The first-order valence-corrected chi connectivity index (χ1v) is 14.2. The summed E-state index contributed by atoms with van der Waals surface area (Å²) in [4.78, 5) is 0. The number of fused-ring (bicyclic) bond motifs is 12. The fourth-order valence-corrected chi connectivity index (χ4v) is 8.55. The summed E-state index contributed by atoms with van der Waals surface area (Å²) in [5.41, 5.74) is 3.80. The van der Waals surface area contributed by atoms with E-state index in [4.69, 9.17) is 0 Å². The topological polar surface area (TPSA) is 4.93 Å². The molecular formula is C34H19NS2. The monoisotopic (exact) mass is 505 g/mol. The second kappa shape index (κ2) is 7.19. The molecule has 1 nitrogen and oxygen atoms in total. The van der Waals surface area contributed by atoms with Crippen molar-refractivity contribution in [3.8, 4) is 5.69 Å². The molecule has 0 fully saturated rings. The van der Waals surface area contributed by atoms with Crippen molar-refractivity contribution in [1.29, 1.82) is 0 Å². The summed E-state index contributed by atoms with van der Waals surface area (Å²) in [5.74, 6) is 0. The fourth-order valence-electron chi connectivity index (χ4n) is 6.17. The molecule has 9 rings (SSSR count). The predicted molar refractivity (Wildman–Crippen MR) is 164 cm³/mol. The maximum atomic E-state index is 2.51. The highest BCUT2D eigenvalue weighted by Gasteiger charge is 2.19. The molecule has 0 bridgehead atoms. The van der Waals surface area contributed by atoms with Crippen molar-refractivity contribution in [1.82, 2.24) is 4.57 Å². The summed E-state index contributed by atoms with van der Waals surface area (Å²) < 4.78 is 7.88. The van der Waals surface area contributed by atoms with Crippen LogP contribution in [0.1, 0.15) is 0 Å². The van der Waals surface area contributed by atoms with Crippen LogP contribution in [0.15, 0.2) is 115 Å². The molecule has 6 aromatic carbocycles. The second-order valence-corrected chi connectivity index (χ2v) is 11.9. The maximum Gasteiger partial charge on any atom is 0.0720 e. The molecule has 0 saturated carbocycles. The molecule has 3 aromatic heterocycles. The van der Waals surface area contributed by atoms with Gasteiger partial charge in [0.15, 0.2) is 0 Å². The fraction of sp³-hybridized carbons (Fsp3) is 0. The van der Waals surface area contributed by atoms with E-state index in [-0.39, 0.29) is 0 Å². The van der Waals surface area contributed by atoms with Gasteiger partial charge in [-0.1, -0.05) is 84.9 Å². The van der Waals surface area contributed by atoms with Crippen LogP contribution in [0.5, 0.6) is 0 Å². The molecule has 0 atom stereocenters. The van der Waals surface area contributed by atoms with Crippen molar-refractivity contribution in [2.75, 3.05) is 0 Å². The Morgan fingerprint density at radius 2 is 1.11 bits per heavy atom. The first-order chi connectivity index (χ1) is 18.3. The number of rotatable bonds is 1. The van der Waals surface area contributed by atoms with Gasteiger partial charge in [-0.05, 0) is 41.1 Å². The Hall–Kier alpha value is -4.18. The van der Waals surface area contributed by atoms with E-state index in [0.29, 0.717) is 0 Å². The van der Waals surface area contributed by atoms with Crippen molar-refractivity contribution in [3.63, 3.8) is 0 Å². The Balaban J connectivity index is 1.50. The van der Waals surface area contributed by atoms with Gasteiger partial charge in [0.05, 0.1) is 15.7 Å². The lowest BCUT2D eigenvalue weighted by atomic mass is 10.0. The quantitative estimate of drug-likeness (QED) is 0.209. The van der Waals surface area contributed by atoms with Crippen molar-refractivity contribution in [2.45, 2.75) is 0 Å². The zero-order chi connectivity index (χ0) is 24.1. The Morgan fingerprint density at radius 1 is 0.459 bits per heavy atom. The number of thiophene rings is 2. The van der Waals surface area contributed by atoms with E-state index >= 15 is 0 Å². The normalized spacial score (nSPS) is 12.3. The summed E-state index contributed by atoms with van der Waals surface area (Å²) in [5, 5.41) is 10.6. The first kappa shape index (κ1) is 19.9. The van der Waals surface area contributed by atoms with Gasteiger partial charge in [0.1, 0.15) is 0 Å². The minimum absolute atomic E-state index is 1.22. The molecule has 3 heterocycles. The van der Waals surface area contributed by atoms with Crippen LogP contribution in [0.2, 0.25) is 0 Å². The van der Waals surface area contributed by atoms with Gasteiger partial charge in [-0.15, -0.1) is 22.7 Å². The molecule has 9 aromatic rings. The van der Waals surface area contributed by atoms with Crippen molar-refractivity contribution in [2.24, 2.45) is 0 Å². The Kier molecular flexibility index (Phi) is 3.88. The van der Waals surface area contributed by atoms with Crippen LogP contribution in [0, 0.1) is 0 Å².